The molecule has 0 fully saturated rings. The molecule has 0 saturated carbocycles. The highest BCUT2D eigenvalue weighted by molar-refractivity contribution is 6.24. The largest absolute Gasteiger partial charge is 0.309 e. The van der Waals surface area contributed by atoms with Crippen LogP contribution in [0.3, 0.4) is 0 Å². The van der Waals surface area contributed by atoms with Crippen molar-refractivity contribution in [3.8, 4) is 22.3 Å². The van der Waals surface area contributed by atoms with Gasteiger partial charge >= 0.3 is 0 Å². The molecule has 2 aliphatic rings. The summed E-state index contributed by atoms with van der Waals surface area (Å²) in [5, 5.41) is 7.60. The van der Waals surface area contributed by atoms with E-state index >= 15 is 0 Å². The molecule has 49 heavy (non-hydrogen) atoms. The van der Waals surface area contributed by atoms with E-state index in [1.165, 1.54) is 93.9 Å². The molecule has 0 heterocycles. The summed E-state index contributed by atoms with van der Waals surface area (Å²) >= 11 is 0. The molecule has 0 aromatic heterocycles. The minimum absolute atomic E-state index is 0.112. The summed E-state index contributed by atoms with van der Waals surface area (Å²) in [4.78, 5) is 2.62. The molecule has 8 aromatic carbocycles. The third-order valence-electron chi connectivity index (χ3n) is 11.6. The van der Waals surface area contributed by atoms with Gasteiger partial charge in [0.05, 0.1) is 17.1 Å². The third-order valence-corrected chi connectivity index (χ3v) is 11.6. The van der Waals surface area contributed by atoms with Crippen molar-refractivity contribution < 1.29 is 0 Å². The second-order valence-electron chi connectivity index (χ2n) is 14.9. The quantitative estimate of drug-likeness (QED) is 0.176. The molecule has 0 atom stereocenters. The second kappa shape index (κ2) is 9.94. The maximum Gasteiger partial charge on any atom is 0.0553 e. The molecular weight excluding hydrogens is 591 g/mol. The predicted octanol–water partition coefficient (Wildman–Crippen LogP) is 13.2. The second-order valence-corrected chi connectivity index (χ2v) is 14.9. The van der Waals surface area contributed by atoms with Crippen molar-refractivity contribution in [2.45, 2.75) is 38.5 Å². The van der Waals surface area contributed by atoms with Crippen LogP contribution >= 0.6 is 0 Å². The highest BCUT2D eigenvalue weighted by Gasteiger charge is 2.41. The number of rotatable bonds is 3. The number of anilines is 3. The fraction of sp³-hybridized carbons (Fsp3) is 0.125. The van der Waals surface area contributed by atoms with Crippen LogP contribution in [0, 0.1) is 0 Å². The first-order valence-corrected chi connectivity index (χ1v) is 17.5. The molecular formula is C48H37N. The maximum absolute atomic E-state index is 2.62. The number of hydrogen-bond donors (Lipinski definition) is 0. The number of nitrogens with zero attached hydrogens (tertiary/aromatic N) is 1. The van der Waals surface area contributed by atoms with Crippen molar-refractivity contribution in [1.29, 1.82) is 0 Å². The van der Waals surface area contributed by atoms with Gasteiger partial charge in [0.1, 0.15) is 0 Å². The molecule has 0 amide bonds. The average Bonchev–Trinajstić information content (AvgIpc) is 3.52. The van der Waals surface area contributed by atoms with Crippen LogP contribution in [0.5, 0.6) is 0 Å². The summed E-state index contributed by atoms with van der Waals surface area (Å²) in [5.41, 5.74) is 14.2. The zero-order valence-electron chi connectivity index (χ0n) is 28.4. The number of hydrogen-bond acceptors (Lipinski definition) is 1. The SMILES string of the molecule is CC1(C)c2ccccc2-c2c(N(c3cccc4c3-c3ccccc3C4(C)C)c3cc4ccccc4c4ccc5ccccc5c34)cccc21. The molecule has 0 bridgehead atoms. The molecule has 0 N–H and O–H groups in total. The molecule has 0 unspecified atom stereocenters. The first kappa shape index (κ1) is 28.4. The van der Waals surface area contributed by atoms with Crippen LogP contribution in [0.25, 0.3) is 54.6 Å². The Hall–Kier alpha value is -5.66. The Labute approximate surface area is 288 Å². The average molecular weight is 628 g/mol. The molecule has 1 heteroatoms. The molecule has 0 aliphatic heterocycles. The van der Waals surface area contributed by atoms with Crippen molar-refractivity contribution in [3.63, 3.8) is 0 Å². The van der Waals surface area contributed by atoms with Gasteiger partial charge in [-0.2, -0.15) is 0 Å². The fourth-order valence-electron chi connectivity index (χ4n) is 9.27. The van der Waals surface area contributed by atoms with Crippen molar-refractivity contribution in [2.24, 2.45) is 0 Å². The van der Waals surface area contributed by atoms with E-state index in [-0.39, 0.29) is 10.8 Å². The lowest BCUT2D eigenvalue weighted by Gasteiger charge is -2.32. The Balaban J connectivity index is 1.41. The van der Waals surface area contributed by atoms with E-state index in [0.29, 0.717) is 0 Å². The monoisotopic (exact) mass is 627 g/mol. The molecule has 0 spiro atoms. The molecule has 1 nitrogen and oxygen atoms in total. The van der Waals surface area contributed by atoms with Gasteiger partial charge in [-0.1, -0.05) is 161 Å². The van der Waals surface area contributed by atoms with Crippen LogP contribution in [-0.4, -0.2) is 0 Å². The standard InChI is InChI=1S/C48H37N/c1-47(2)37-21-11-9-19-35(37)45-39(47)23-13-25-41(45)49(42-26-14-24-40-46(42)36-20-10-12-22-38(36)48(40,3)4)43-29-31-16-6-7-17-32(31)34-28-27-30-15-5-8-18-33(30)44(34)43/h5-29H,1-4H3. The minimum Gasteiger partial charge on any atom is -0.309 e. The van der Waals surface area contributed by atoms with E-state index in [1.54, 1.807) is 0 Å². The Bertz CT molecular complexity index is 2570. The lowest BCUT2D eigenvalue weighted by molar-refractivity contribution is 0.660. The first-order chi connectivity index (χ1) is 23.9. The summed E-state index contributed by atoms with van der Waals surface area (Å²) in [7, 11) is 0. The lowest BCUT2D eigenvalue weighted by atomic mass is 9.82. The van der Waals surface area contributed by atoms with Gasteiger partial charge in [0, 0.05) is 27.3 Å². The van der Waals surface area contributed by atoms with Crippen molar-refractivity contribution in [1.82, 2.24) is 0 Å². The predicted molar refractivity (Wildman–Crippen MR) is 209 cm³/mol. The highest BCUT2D eigenvalue weighted by Crippen LogP contribution is 2.59. The van der Waals surface area contributed by atoms with Crippen LogP contribution in [0.4, 0.5) is 17.1 Å². The van der Waals surface area contributed by atoms with Gasteiger partial charge < -0.3 is 4.90 Å². The zero-order chi connectivity index (χ0) is 33.1. The topological polar surface area (TPSA) is 3.24 Å². The molecule has 0 radical (unpaired) electrons. The van der Waals surface area contributed by atoms with Gasteiger partial charge in [0.15, 0.2) is 0 Å². The Morgan fingerprint density at radius 3 is 1.47 bits per heavy atom. The Kier molecular flexibility index (Phi) is 5.75. The van der Waals surface area contributed by atoms with E-state index in [9.17, 15) is 0 Å². The van der Waals surface area contributed by atoms with Crippen LogP contribution in [0.2, 0.25) is 0 Å². The normalized spacial score (nSPS) is 14.9. The van der Waals surface area contributed by atoms with E-state index in [1.807, 2.05) is 0 Å². The van der Waals surface area contributed by atoms with Gasteiger partial charge in [-0.25, -0.2) is 0 Å². The third kappa shape index (κ3) is 3.76. The van der Waals surface area contributed by atoms with E-state index in [2.05, 4.69) is 184 Å². The lowest BCUT2D eigenvalue weighted by Crippen LogP contribution is -2.17. The molecule has 10 rings (SSSR count). The first-order valence-electron chi connectivity index (χ1n) is 17.5. The smallest absolute Gasteiger partial charge is 0.0553 e. The summed E-state index contributed by atoms with van der Waals surface area (Å²) in [6.45, 7) is 9.51. The number of benzene rings is 8. The van der Waals surface area contributed by atoms with E-state index in [0.717, 1.165) is 0 Å². The summed E-state index contributed by atoms with van der Waals surface area (Å²) in [6.07, 6.45) is 0. The Morgan fingerprint density at radius 2 is 0.857 bits per heavy atom. The summed E-state index contributed by atoms with van der Waals surface area (Å²) < 4.78 is 0. The summed E-state index contributed by atoms with van der Waals surface area (Å²) in [6, 6.07) is 56.9. The van der Waals surface area contributed by atoms with Crippen LogP contribution in [0.15, 0.2) is 152 Å². The van der Waals surface area contributed by atoms with Gasteiger partial charge in [0.25, 0.3) is 0 Å². The Morgan fingerprint density at radius 1 is 0.367 bits per heavy atom. The minimum atomic E-state index is -0.112. The van der Waals surface area contributed by atoms with Crippen LogP contribution in [0.1, 0.15) is 49.9 Å². The van der Waals surface area contributed by atoms with Crippen LogP contribution < -0.4 is 4.90 Å². The van der Waals surface area contributed by atoms with Gasteiger partial charge in [0.2, 0.25) is 0 Å². The zero-order valence-corrected chi connectivity index (χ0v) is 28.4. The maximum atomic E-state index is 2.62. The highest BCUT2D eigenvalue weighted by atomic mass is 15.2. The van der Waals surface area contributed by atoms with Crippen molar-refractivity contribution in [2.75, 3.05) is 4.90 Å². The van der Waals surface area contributed by atoms with E-state index in [4.69, 9.17) is 0 Å². The van der Waals surface area contributed by atoms with Gasteiger partial charge in [-0.3, -0.25) is 0 Å². The number of fused-ring (bicyclic) bond motifs is 11. The molecule has 8 aromatic rings. The molecule has 0 saturated heterocycles. The summed E-state index contributed by atoms with van der Waals surface area (Å²) in [5.74, 6) is 0. The van der Waals surface area contributed by atoms with Crippen molar-refractivity contribution >= 4 is 49.4 Å². The molecule has 2 aliphatic carbocycles. The fourth-order valence-corrected chi connectivity index (χ4v) is 9.27. The van der Waals surface area contributed by atoms with Crippen molar-refractivity contribution in [3.05, 3.63) is 174 Å². The van der Waals surface area contributed by atoms with Crippen LogP contribution in [-0.2, 0) is 10.8 Å². The molecule has 234 valence electrons. The van der Waals surface area contributed by atoms with Gasteiger partial charge in [-0.15, -0.1) is 0 Å². The van der Waals surface area contributed by atoms with Gasteiger partial charge in [-0.05, 0) is 78.5 Å². The van der Waals surface area contributed by atoms with E-state index < -0.39 is 0 Å².